The number of phosphoric acid groups is 2. The Bertz CT molecular complexity index is 540. The van der Waals surface area contributed by atoms with Gasteiger partial charge in [-0.3, -0.25) is 4.89 Å². The van der Waals surface area contributed by atoms with E-state index in [9.17, 15) is 14.0 Å². The van der Waals surface area contributed by atoms with E-state index in [1.807, 2.05) is 0 Å². The average Bonchev–Trinajstić information content (AvgIpc) is 2.33. The van der Waals surface area contributed by atoms with Crippen LogP contribution in [0.25, 0.3) is 0 Å². The minimum Gasteiger partial charge on any atom is -0.404 e. The van der Waals surface area contributed by atoms with E-state index < -0.39 is 15.6 Å². The first-order valence-corrected chi connectivity index (χ1v) is 9.63. The van der Waals surface area contributed by atoms with Crippen LogP contribution in [0.1, 0.15) is 38.2 Å². The molecule has 0 radical (unpaired) electrons. The fraction of sp³-hybridized carbons (Fsp3) is 0.500. The highest BCUT2D eigenvalue weighted by atomic mass is 31.3. The summed E-state index contributed by atoms with van der Waals surface area (Å²) < 4.78 is 30.7. The van der Waals surface area contributed by atoms with Crippen LogP contribution >= 0.6 is 15.6 Å². The third-order valence-electron chi connectivity index (χ3n) is 2.70. The number of hydrogen-bond acceptors (Lipinski definition) is 4. The zero-order chi connectivity index (χ0) is 15.9. The molecule has 1 atom stereocenters. The minimum absolute atomic E-state index is 0.0910. The Morgan fingerprint density at radius 3 is 2.33 bits per heavy atom. The van der Waals surface area contributed by atoms with Gasteiger partial charge in [-0.05, 0) is 24.5 Å². The summed E-state index contributed by atoms with van der Waals surface area (Å²) in [5.74, 6) is 0.0910. The quantitative estimate of drug-likeness (QED) is 0.467. The molecule has 0 aromatic heterocycles. The van der Waals surface area contributed by atoms with E-state index in [2.05, 4.69) is 11.2 Å². The van der Waals surface area contributed by atoms with Crippen molar-refractivity contribution < 1.29 is 32.6 Å². The highest BCUT2D eigenvalue weighted by Gasteiger charge is 2.34. The second kappa shape index (κ2) is 8.08. The zero-order valence-corrected chi connectivity index (χ0v) is 13.5. The van der Waals surface area contributed by atoms with Crippen LogP contribution < -0.4 is 4.52 Å². The molecule has 1 unspecified atom stereocenters. The van der Waals surface area contributed by atoms with Crippen molar-refractivity contribution in [3.8, 4) is 5.75 Å². The predicted octanol–water partition coefficient (Wildman–Crippen LogP) is 3.40. The summed E-state index contributed by atoms with van der Waals surface area (Å²) in [6, 6.07) is 6.55. The molecule has 21 heavy (non-hydrogen) atoms. The van der Waals surface area contributed by atoms with Crippen molar-refractivity contribution in [2.75, 3.05) is 0 Å². The molecule has 0 bridgehead atoms. The fourth-order valence-electron chi connectivity index (χ4n) is 1.82. The highest BCUT2D eigenvalue weighted by molar-refractivity contribution is 7.60. The first-order chi connectivity index (χ1) is 9.73. The lowest BCUT2D eigenvalue weighted by Gasteiger charge is -2.15. The Morgan fingerprint density at radius 1 is 1.05 bits per heavy atom. The van der Waals surface area contributed by atoms with E-state index in [1.165, 1.54) is 6.07 Å². The van der Waals surface area contributed by atoms with Crippen molar-refractivity contribution >= 4 is 15.6 Å². The van der Waals surface area contributed by atoms with Gasteiger partial charge in [0, 0.05) is 0 Å². The van der Waals surface area contributed by atoms with Gasteiger partial charge in [0.25, 0.3) is 0 Å². The lowest BCUT2D eigenvalue weighted by atomic mass is 10.1. The molecule has 3 N–H and O–H groups in total. The second-order valence-electron chi connectivity index (χ2n) is 4.55. The summed E-state index contributed by atoms with van der Waals surface area (Å²) in [6.07, 6.45) is 4.76. The maximum atomic E-state index is 11.5. The lowest BCUT2D eigenvalue weighted by Crippen LogP contribution is -1.99. The van der Waals surface area contributed by atoms with Crippen molar-refractivity contribution in [2.45, 2.75) is 39.0 Å². The predicted molar refractivity (Wildman–Crippen MR) is 77.9 cm³/mol. The molecule has 0 spiro atoms. The Morgan fingerprint density at radius 2 is 1.71 bits per heavy atom. The Hall–Kier alpha value is -0.680. The van der Waals surface area contributed by atoms with Crippen LogP contribution in [0.2, 0.25) is 0 Å². The molecule has 0 aliphatic heterocycles. The number of unbranched alkanes of at least 4 members (excludes halogenated alkanes) is 3. The molecule has 0 aliphatic rings. The molecular weight excluding hydrogens is 318 g/mol. The van der Waals surface area contributed by atoms with Gasteiger partial charge in [0.05, 0.1) is 0 Å². The fourth-order valence-corrected chi connectivity index (χ4v) is 3.45. The molecule has 0 saturated heterocycles. The molecule has 1 aromatic rings. The molecule has 1 rings (SSSR count). The maximum Gasteiger partial charge on any atom is 0.536 e. The largest absolute Gasteiger partial charge is 0.536 e. The van der Waals surface area contributed by atoms with Crippen molar-refractivity contribution in [3.63, 3.8) is 0 Å². The number of phosphoric ester groups is 1. The van der Waals surface area contributed by atoms with Crippen molar-refractivity contribution in [1.29, 1.82) is 0 Å². The molecule has 0 fully saturated rings. The Labute approximate surface area is 123 Å². The summed E-state index contributed by atoms with van der Waals surface area (Å²) in [5, 5.41) is 0. The average molecular weight is 338 g/mol. The van der Waals surface area contributed by atoms with Gasteiger partial charge in [0.2, 0.25) is 0 Å². The maximum absolute atomic E-state index is 11.5. The van der Waals surface area contributed by atoms with Gasteiger partial charge in [-0.2, -0.15) is 4.31 Å². The van der Waals surface area contributed by atoms with Gasteiger partial charge in [0.15, 0.2) is 0 Å². The van der Waals surface area contributed by atoms with Crippen LogP contribution in [-0.4, -0.2) is 14.7 Å². The van der Waals surface area contributed by atoms with E-state index in [1.54, 1.807) is 18.2 Å². The van der Waals surface area contributed by atoms with Crippen LogP contribution in [0, 0.1) is 0 Å². The number of hydrogen-bond donors (Lipinski definition) is 3. The van der Waals surface area contributed by atoms with E-state index in [0.29, 0.717) is 12.0 Å². The molecule has 120 valence electrons. The van der Waals surface area contributed by atoms with Gasteiger partial charge in [0.1, 0.15) is 5.75 Å². The molecule has 1 aromatic carbocycles. The first kappa shape index (κ1) is 18.4. The van der Waals surface area contributed by atoms with Crippen LogP contribution in [0.5, 0.6) is 5.75 Å². The molecule has 0 heterocycles. The summed E-state index contributed by atoms with van der Waals surface area (Å²) in [6.45, 7) is 2.10. The number of aryl methyl sites for hydroxylation is 1. The van der Waals surface area contributed by atoms with Gasteiger partial charge < -0.3 is 14.3 Å². The minimum atomic E-state index is -5.11. The number of rotatable bonds is 9. The van der Waals surface area contributed by atoms with Crippen LogP contribution in [0.15, 0.2) is 24.3 Å². The van der Waals surface area contributed by atoms with Crippen molar-refractivity contribution in [3.05, 3.63) is 29.8 Å². The van der Waals surface area contributed by atoms with Crippen molar-refractivity contribution in [1.82, 2.24) is 0 Å². The van der Waals surface area contributed by atoms with Crippen LogP contribution in [0.4, 0.5) is 0 Å². The molecule has 0 saturated carbocycles. The summed E-state index contributed by atoms with van der Waals surface area (Å²) in [5.41, 5.74) is 0.692. The third kappa shape index (κ3) is 7.77. The number of para-hydroxylation sites is 1. The highest BCUT2D eigenvalue weighted by Crippen LogP contribution is 2.57. The van der Waals surface area contributed by atoms with Gasteiger partial charge in [-0.1, -0.05) is 44.4 Å². The summed E-state index contributed by atoms with van der Waals surface area (Å²) in [7, 11) is -9.98. The monoisotopic (exact) mass is 338 g/mol. The molecule has 0 aliphatic carbocycles. The van der Waals surface area contributed by atoms with E-state index in [0.717, 1.165) is 25.7 Å². The molecular formula is C12H20O7P2. The Balaban J connectivity index is 2.74. The topological polar surface area (TPSA) is 113 Å². The van der Waals surface area contributed by atoms with Crippen molar-refractivity contribution in [2.24, 2.45) is 0 Å². The van der Waals surface area contributed by atoms with E-state index in [-0.39, 0.29) is 5.75 Å². The van der Waals surface area contributed by atoms with Gasteiger partial charge >= 0.3 is 15.6 Å². The first-order valence-electron chi connectivity index (χ1n) is 6.61. The van der Waals surface area contributed by atoms with E-state index >= 15 is 0 Å². The van der Waals surface area contributed by atoms with Crippen LogP contribution in [0.3, 0.4) is 0 Å². The van der Waals surface area contributed by atoms with Gasteiger partial charge in [-0.25, -0.2) is 9.13 Å². The number of benzene rings is 1. The third-order valence-corrected chi connectivity index (χ3v) is 4.80. The Kier molecular flexibility index (Phi) is 7.07. The summed E-state index contributed by atoms with van der Waals surface area (Å²) >= 11 is 0. The molecule has 9 heteroatoms. The molecule has 7 nitrogen and oxygen atoms in total. The normalized spacial score (nSPS) is 14.7. The second-order valence-corrected chi connectivity index (χ2v) is 7.30. The standard InChI is InChI=1S/C12H20O7P2/c1-2-3-4-5-8-11-9-6-7-10-12(11)18-21(16,17)19-20(13,14)15/h6-7,9-10H,2-5,8H2,1H3,(H,16,17)(H2,13,14,15). The summed E-state index contributed by atoms with van der Waals surface area (Å²) in [4.78, 5) is 26.5. The smallest absolute Gasteiger partial charge is 0.404 e. The van der Waals surface area contributed by atoms with E-state index in [4.69, 9.17) is 14.3 Å². The zero-order valence-electron chi connectivity index (χ0n) is 11.7. The molecule has 0 amide bonds. The SMILES string of the molecule is CCCCCCc1ccccc1OP(=O)(O)OP(=O)(O)O. The lowest BCUT2D eigenvalue weighted by molar-refractivity contribution is 0.229. The van der Waals surface area contributed by atoms with Gasteiger partial charge in [-0.15, -0.1) is 0 Å². The van der Waals surface area contributed by atoms with Crippen LogP contribution in [-0.2, 0) is 19.9 Å².